The highest BCUT2D eigenvalue weighted by Crippen LogP contribution is 2.38. The first-order valence-corrected chi connectivity index (χ1v) is 10.4. The minimum absolute atomic E-state index is 0.617. The first kappa shape index (κ1) is 18.6. The van der Waals surface area contributed by atoms with Crippen molar-refractivity contribution in [3.8, 4) is 34.0 Å². The molecule has 0 saturated heterocycles. The molecule has 0 radical (unpaired) electrons. The van der Waals surface area contributed by atoms with E-state index in [4.69, 9.17) is 14.8 Å². The zero-order valence-corrected chi connectivity index (χ0v) is 17.8. The Kier molecular flexibility index (Phi) is 4.17. The second-order valence-electron chi connectivity index (χ2n) is 7.89. The molecule has 1 aliphatic rings. The Labute approximate surface area is 184 Å². The third kappa shape index (κ3) is 2.99. The minimum Gasteiger partial charge on any atom is -0.497 e. The van der Waals surface area contributed by atoms with Gasteiger partial charge in [0.05, 0.1) is 48.3 Å². The SMILES string of the molecule is COc1ccc2c(c1)-c1nn(C)cc1Cc1c(-c3cnn(Cc4ccccn4)c3)ncn1-2. The number of hydrogen-bond acceptors (Lipinski definition) is 5. The average molecular weight is 423 g/mol. The van der Waals surface area contributed by atoms with Gasteiger partial charge in [0.25, 0.3) is 0 Å². The van der Waals surface area contributed by atoms with Crippen molar-refractivity contribution >= 4 is 0 Å². The summed E-state index contributed by atoms with van der Waals surface area (Å²) in [5.74, 6) is 0.805. The second kappa shape index (κ2) is 7.19. The van der Waals surface area contributed by atoms with Crippen LogP contribution in [0.15, 0.2) is 67.5 Å². The van der Waals surface area contributed by atoms with Crippen molar-refractivity contribution in [2.75, 3.05) is 7.11 Å². The van der Waals surface area contributed by atoms with E-state index >= 15 is 0 Å². The van der Waals surface area contributed by atoms with Crippen molar-refractivity contribution in [2.45, 2.75) is 13.0 Å². The Morgan fingerprint density at radius 3 is 2.84 bits per heavy atom. The Balaban J connectivity index is 1.45. The second-order valence-corrected chi connectivity index (χ2v) is 7.89. The maximum absolute atomic E-state index is 5.48. The van der Waals surface area contributed by atoms with Gasteiger partial charge in [-0.25, -0.2) is 4.98 Å². The van der Waals surface area contributed by atoms with E-state index in [0.717, 1.165) is 57.3 Å². The van der Waals surface area contributed by atoms with Gasteiger partial charge in [-0.2, -0.15) is 10.2 Å². The van der Waals surface area contributed by atoms with Crippen LogP contribution in [0.1, 0.15) is 17.0 Å². The molecule has 0 aliphatic carbocycles. The fourth-order valence-electron chi connectivity index (χ4n) is 4.34. The first-order valence-electron chi connectivity index (χ1n) is 10.4. The minimum atomic E-state index is 0.617. The van der Waals surface area contributed by atoms with Crippen molar-refractivity contribution in [3.05, 3.63) is 84.5 Å². The fraction of sp³-hybridized carbons (Fsp3) is 0.167. The zero-order chi connectivity index (χ0) is 21.7. The third-order valence-corrected chi connectivity index (χ3v) is 5.80. The lowest BCUT2D eigenvalue weighted by Crippen LogP contribution is -2.01. The maximum Gasteiger partial charge on any atom is 0.119 e. The lowest BCUT2D eigenvalue weighted by molar-refractivity contribution is 0.415. The average Bonchev–Trinajstić information content (AvgIpc) is 3.51. The molecule has 0 saturated carbocycles. The standard InChI is InChI=1S/C24H21N7O/c1-29-12-16-9-22-24(17-11-27-30(13-17)14-18-5-3-4-8-25-18)26-15-31(22)21-7-6-19(32-2)10-20(21)23(16)28-29/h3-8,10-13,15H,9,14H2,1-2H3. The number of pyridine rings is 1. The summed E-state index contributed by atoms with van der Waals surface area (Å²) >= 11 is 0. The van der Waals surface area contributed by atoms with Crippen molar-refractivity contribution in [2.24, 2.45) is 7.05 Å². The van der Waals surface area contributed by atoms with E-state index in [1.165, 1.54) is 0 Å². The number of imidazole rings is 1. The molecule has 0 unspecified atom stereocenters. The number of ether oxygens (including phenoxy) is 1. The molecule has 1 aliphatic heterocycles. The number of benzene rings is 1. The van der Waals surface area contributed by atoms with Crippen LogP contribution < -0.4 is 4.74 Å². The van der Waals surface area contributed by atoms with Crippen molar-refractivity contribution in [1.29, 1.82) is 0 Å². The molecule has 32 heavy (non-hydrogen) atoms. The van der Waals surface area contributed by atoms with E-state index in [9.17, 15) is 0 Å². The molecule has 0 fully saturated rings. The largest absolute Gasteiger partial charge is 0.497 e. The van der Waals surface area contributed by atoms with Crippen LogP contribution >= 0.6 is 0 Å². The van der Waals surface area contributed by atoms with Gasteiger partial charge in [0.15, 0.2) is 0 Å². The van der Waals surface area contributed by atoms with Crippen molar-refractivity contribution in [1.82, 2.24) is 34.1 Å². The molecule has 158 valence electrons. The summed E-state index contributed by atoms with van der Waals surface area (Å²) in [6.45, 7) is 0.617. The van der Waals surface area contributed by atoms with Crippen LogP contribution in [0.25, 0.3) is 28.2 Å². The van der Waals surface area contributed by atoms with Crippen LogP contribution in [0.5, 0.6) is 5.75 Å². The number of rotatable bonds is 4. The monoisotopic (exact) mass is 423 g/mol. The molecule has 5 aromatic rings. The number of fused-ring (bicyclic) bond motifs is 5. The van der Waals surface area contributed by atoms with Gasteiger partial charge in [-0.15, -0.1) is 0 Å². The number of methoxy groups -OCH3 is 1. The summed E-state index contributed by atoms with van der Waals surface area (Å²) in [6, 6.07) is 12.0. The zero-order valence-electron chi connectivity index (χ0n) is 17.8. The highest BCUT2D eigenvalue weighted by atomic mass is 16.5. The number of nitrogens with zero attached hydrogens (tertiary/aromatic N) is 7. The Bertz CT molecular complexity index is 1430. The summed E-state index contributed by atoms with van der Waals surface area (Å²) in [4.78, 5) is 9.18. The maximum atomic E-state index is 5.48. The van der Waals surface area contributed by atoms with Crippen LogP contribution in [-0.4, -0.2) is 41.2 Å². The summed E-state index contributed by atoms with van der Waals surface area (Å²) < 4.78 is 11.4. The highest BCUT2D eigenvalue weighted by Gasteiger charge is 2.26. The predicted molar refractivity (Wildman–Crippen MR) is 120 cm³/mol. The molecule has 0 bridgehead atoms. The smallest absolute Gasteiger partial charge is 0.119 e. The first-order chi connectivity index (χ1) is 15.7. The number of aryl methyl sites for hydroxylation is 1. The van der Waals surface area contributed by atoms with Gasteiger partial charge in [0, 0.05) is 48.7 Å². The molecule has 0 amide bonds. The summed E-state index contributed by atoms with van der Waals surface area (Å²) in [5, 5.41) is 9.30. The quantitative estimate of drug-likeness (QED) is 0.434. The van der Waals surface area contributed by atoms with Gasteiger partial charge in [0.1, 0.15) is 12.1 Å². The molecule has 0 atom stereocenters. The van der Waals surface area contributed by atoms with Crippen LogP contribution in [0.4, 0.5) is 0 Å². The molecule has 0 spiro atoms. The molecule has 4 aromatic heterocycles. The Hall–Kier alpha value is -4.20. The molecule has 8 nitrogen and oxygen atoms in total. The van der Waals surface area contributed by atoms with E-state index in [1.807, 2.05) is 65.5 Å². The third-order valence-electron chi connectivity index (χ3n) is 5.80. The van der Waals surface area contributed by atoms with Gasteiger partial charge < -0.3 is 9.30 Å². The van der Waals surface area contributed by atoms with Gasteiger partial charge in [0.2, 0.25) is 0 Å². The summed E-state index contributed by atoms with van der Waals surface area (Å²) in [6.07, 6.45) is 10.4. The lowest BCUT2D eigenvalue weighted by Gasteiger charge is -2.11. The molecule has 6 rings (SSSR count). The molecular formula is C24H21N7O. The van der Waals surface area contributed by atoms with Crippen LogP contribution in [0, 0.1) is 0 Å². The lowest BCUT2D eigenvalue weighted by atomic mass is 10.0. The van der Waals surface area contributed by atoms with Crippen LogP contribution in [-0.2, 0) is 20.0 Å². The number of aromatic nitrogens is 7. The van der Waals surface area contributed by atoms with Gasteiger partial charge in [-0.1, -0.05) is 6.07 Å². The summed E-state index contributed by atoms with van der Waals surface area (Å²) in [5.41, 5.74) is 8.19. The summed E-state index contributed by atoms with van der Waals surface area (Å²) in [7, 11) is 3.63. The van der Waals surface area contributed by atoms with E-state index < -0.39 is 0 Å². The Morgan fingerprint density at radius 2 is 2.00 bits per heavy atom. The van der Waals surface area contributed by atoms with Crippen molar-refractivity contribution < 1.29 is 4.74 Å². The van der Waals surface area contributed by atoms with Crippen LogP contribution in [0.2, 0.25) is 0 Å². The highest BCUT2D eigenvalue weighted by molar-refractivity contribution is 5.77. The Morgan fingerprint density at radius 1 is 1.06 bits per heavy atom. The molecular weight excluding hydrogens is 402 g/mol. The van der Waals surface area contributed by atoms with Crippen molar-refractivity contribution in [3.63, 3.8) is 0 Å². The molecule has 8 heteroatoms. The topological polar surface area (TPSA) is 75.6 Å². The van der Waals surface area contributed by atoms with Gasteiger partial charge >= 0.3 is 0 Å². The molecule has 5 heterocycles. The van der Waals surface area contributed by atoms with E-state index in [0.29, 0.717) is 6.54 Å². The predicted octanol–water partition coefficient (Wildman–Crippen LogP) is 3.49. The van der Waals surface area contributed by atoms with E-state index in [1.54, 1.807) is 13.3 Å². The van der Waals surface area contributed by atoms with E-state index in [2.05, 4.69) is 26.9 Å². The van der Waals surface area contributed by atoms with Gasteiger partial charge in [-0.05, 0) is 30.3 Å². The fourth-order valence-corrected chi connectivity index (χ4v) is 4.34. The molecule has 0 N–H and O–H groups in total. The molecule has 1 aromatic carbocycles. The van der Waals surface area contributed by atoms with Gasteiger partial charge in [-0.3, -0.25) is 14.3 Å². The van der Waals surface area contributed by atoms with Crippen LogP contribution in [0.3, 0.4) is 0 Å². The number of hydrogen-bond donors (Lipinski definition) is 0. The van der Waals surface area contributed by atoms with E-state index in [-0.39, 0.29) is 0 Å². The normalized spacial score (nSPS) is 12.1.